The summed E-state index contributed by atoms with van der Waals surface area (Å²) in [6.45, 7) is 2.44. The van der Waals surface area contributed by atoms with Crippen LogP contribution in [0, 0.1) is 0 Å². The molecule has 1 N–H and O–H groups in total. The van der Waals surface area contributed by atoms with Crippen molar-refractivity contribution in [1.29, 1.82) is 0 Å². The number of nitrogens with zero attached hydrogens (tertiary/aromatic N) is 4. The number of carbonyl (C=O) groups excluding carboxylic acids is 1. The number of aromatic nitrogens is 3. The molecule has 1 aliphatic rings. The van der Waals surface area contributed by atoms with Crippen LogP contribution in [0.2, 0.25) is 0 Å². The maximum atomic E-state index is 12.9. The number of nitrogens with one attached hydrogen (secondary N) is 1. The molecule has 1 amide bonds. The summed E-state index contributed by atoms with van der Waals surface area (Å²) in [7, 11) is -3.59. The fourth-order valence-electron chi connectivity index (χ4n) is 3.39. The van der Waals surface area contributed by atoms with Gasteiger partial charge in [0.2, 0.25) is 10.0 Å². The quantitative estimate of drug-likeness (QED) is 0.665. The highest BCUT2D eigenvalue weighted by atomic mass is 32.2. The minimum atomic E-state index is -3.59. The third-order valence-electron chi connectivity index (χ3n) is 5.02. The Hall–Kier alpha value is -3.11. The lowest BCUT2D eigenvalue weighted by Gasteiger charge is -2.32. The van der Waals surface area contributed by atoms with Gasteiger partial charge in [0.25, 0.3) is 11.8 Å². The minimum Gasteiger partial charge on any atom is -0.403 e. The Bertz CT molecular complexity index is 1130. The van der Waals surface area contributed by atoms with Gasteiger partial charge in [-0.05, 0) is 56.2 Å². The molecule has 10 heteroatoms. The van der Waals surface area contributed by atoms with E-state index < -0.39 is 15.9 Å². The van der Waals surface area contributed by atoms with Crippen LogP contribution >= 0.6 is 0 Å². The van der Waals surface area contributed by atoms with E-state index in [9.17, 15) is 13.2 Å². The second kappa shape index (κ2) is 8.33. The molecule has 0 radical (unpaired) electrons. The molecule has 1 atom stereocenters. The number of amides is 1. The summed E-state index contributed by atoms with van der Waals surface area (Å²) in [5.41, 5.74) is 0.911. The Balaban J connectivity index is 1.46. The van der Waals surface area contributed by atoms with Crippen molar-refractivity contribution in [2.45, 2.75) is 37.1 Å². The van der Waals surface area contributed by atoms with E-state index in [0.29, 0.717) is 12.1 Å². The number of hydrogen-bond acceptors (Lipinski definition) is 7. The Morgan fingerprint density at radius 1 is 1.17 bits per heavy atom. The van der Waals surface area contributed by atoms with Gasteiger partial charge in [0, 0.05) is 30.5 Å². The second-order valence-corrected chi connectivity index (χ2v) is 8.98. The predicted octanol–water partition coefficient (Wildman–Crippen LogP) is 2.95. The molecule has 4 rings (SSSR count). The third kappa shape index (κ3) is 4.10. The normalized spacial score (nSPS) is 17.6. The summed E-state index contributed by atoms with van der Waals surface area (Å²) in [6.07, 6.45) is 5.94. The highest BCUT2D eigenvalue weighted by Gasteiger charge is 2.31. The summed E-state index contributed by atoms with van der Waals surface area (Å²) in [5, 5.41) is 10.2. The van der Waals surface area contributed by atoms with Crippen molar-refractivity contribution in [2.24, 2.45) is 0 Å². The lowest BCUT2D eigenvalue weighted by molar-refractivity contribution is 0.102. The monoisotopic (exact) mass is 427 g/mol. The molecular formula is C20H21N5O4S. The van der Waals surface area contributed by atoms with Crippen LogP contribution in [0.5, 0.6) is 0 Å². The van der Waals surface area contributed by atoms with E-state index in [2.05, 4.69) is 20.5 Å². The molecular weight excluding hydrogens is 406 g/mol. The second-order valence-electron chi connectivity index (χ2n) is 7.09. The zero-order valence-electron chi connectivity index (χ0n) is 16.4. The number of rotatable bonds is 5. The maximum absolute atomic E-state index is 12.9. The van der Waals surface area contributed by atoms with Gasteiger partial charge in [-0.1, -0.05) is 11.5 Å². The number of hydrogen-bond donors (Lipinski definition) is 1. The SMILES string of the molecule is CC1CCCCN1S(=O)(=O)c1ccc(C(=O)Nc2nnc(-c3cccnc3)o2)cc1. The third-order valence-corrected chi connectivity index (χ3v) is 7.05. The Morgan fingerprint density at radius 3 is 2.67 bits per heavy atom. The van der Waals surface area contributed by atoms with Crippen LogP contribution in [-0.2, 0) is 10.0 Å². The van der Waals surface area contributed by atoms with Gasteiger partial charge in [-0.25, -0.2) is 8.42 Å². The molecule has 0 saturated carbocycles. The predicted molar refractivity (Wildman–Crippen MR) is 109 cm³/mol. The topological polar surface area (TPSA) is 118 Å². The Kier molecular flexibility index (Phi) is 5.60. The van der Waals surface area contributed by atoms with Gasteiger partial charge in [0.15, 0.2) is 0 Å². The van der Waals surface area contributed by atoms with E-state index in [1.54, 1.807) is 24.5 Å². The summed E-state index contributed by atoms with van der Waals surface area (Å²) < 4.78 is 32.8. The molecule has 3 heterocycles. The van der Waals surface area contributed by atoms with Crippen molar-refractivity contribution in [3.63, 3.8) is 0 Å². The molecule has 0 spiro atoms. The lowest BCUT2D eigenvalue weighted by atomic mass is 10.1. The van der Waals surface area contributed by atoms with Gasteiger partial charge < -0.3 is 4.42 Å². The first kappa shape index (κ1) is 20.2. The van der Waals surface area contributed by atoms with Crippen molar-refractivity contribution in [2.75, 3.05) is 11.9 Å². The highest BCUT2D eigenvalue weighted by molar-refractivity contribution is 7.89. The molecule has 2 aromatic heterocycles. The molecule has 0 aliphatic carbocycles. The zero-order chi connectivity index (χ0) is 21.1. The fraction of sp³-hybridized carbons (Fsp3) is 0.300. The van der Waals surface area contributed by atoms with E-state index in [4.69, 9.17) is 4.42 Å². The number of sulfonamides is 1. The van der Waals surface area contributed by atoms with Crippen molar-refractivity contribution in [3.8, 4) is 11.5 Å². The van der Waals surface area contributed by atoms with Gasteiger partial charge in [-0.3, -0.25) is 15.1 Å². The number of benzene rings is 1. The van der Waals surface area contributed by atoms with Crippen LogP contribution in [0.3, 0.4) is 0 Å². The first-order valence-corrected chi connectivity index (χ1v) is 11.1. The Labute approximate surface area is 174 Å². The molecule has 9 nitrogen and oxygen atoms in total. The molecule has 3 aromatic rings. The van der Waals surface area contributed by atoms with E-state index >= 15 is 0 Å². The largest absolute Gasteiger partial charge is 0.403 e. The van der Waals surface area contributed by atoms with Crippen molar-refractivity contribution in [1.82, 2.24) is 19.5 Å². The van der Waals surface area contributed by atoms with E-state index in [1.807, 2.05) is 6.92 Å². The summed E-state index contributed by atoms with van der Waals surface area (Å²) in [6, 6.07) is 9.23. The smallest absolute Gasteiger partial charge is 0.322 e. The van der Waals surface area contributed by atoms with Crippen LogP contribution in [-0.4, -0.2) is 46.4 Å². The zero-order valence-corrected chi connectivity index (χ0v) is 17.2. The molecule has 1 fully saturated rings. The number of piperidine rings is 1. The molecule has 1 saturated heterocycles. The van der Waals surface area contributed by atoms with Crippen LogP contribution < -0.4 is 5.32 Å². The van der Waals surface area contributed by atoms with Crippen LogP contribution in [0.25, 0.3) is 11.5 Å². The van der Waals surface area contributed by atoms with Crippen LogP contribution in [0.4, 0.5) is 6.01 Å². The molecule has 156 valence electrons. The number of pyridine rings is 1. The van der Waals surface area contributed by atoms with Crippen LogP contribution in [0.1, 0.15) is 36.5 Å². The highest BCUT2D eigenvalue weighted by Crippen LogP contribution is 2.25. The van der Waals surface area contributed by atoms with E-state index in [0.717, 1.165) is 19.3 Å². The molecule has 1 aromatic carbocycles. The first-order valence-electron chi connectivity index (χ1n) is 9.62. The standard InChI is InChI=1S/C20H21N5O4S/c1-14-5-2-3-12-25(14)30(27,28)17-9-7-15(8-10-17)18(26)22-20-24-23-19(29-20)16-6-4-11-21-13-16/h4,6-11,13-14H,2-3,5,12H2,1H3,(H,22,24,26). The number of anilines is 1. The van der Waals surface area contributed by atoms with Gasteiger partial charge in [0.05, 0.1) is 10.5 Å². The first-order chi connectivity index (χ1) is 14.4. The van der Waals surface area contributed by atoms with Gasteiger partial charge in [-0.2, -0.15) is 4.31 Å². The molecule has 30 heavy (non-hydrogen) atoms. The summed E-state index contributed by atoms with van der Waals surface area (Å²) in [4.78, 5) is 16.6. The van der Waals surface area contributed by atoms with Crippen LogP contribution in [0.15, 0.2) is 58.1 Å². The average Bonchev–Trinajstić information content (AvgIpc) is 3.23. The van der Waals surface area contributed by atoms with Crippen molar-refractivity contribution >= 4 is 21.9 Å². The number of carbonyl (C=O) groups is 1. The molecule has 1 unspecified atom stereocenters. The van der Waals surface area contributed by atoms with Gasteiger partial charge >= 0.3 is 6.01 Å². The fourth-order valence-corrected chi connectivity index (χ4v) is 5.09. The minimum absolute atomic E-state index is 0.0294. The summed E-state index contributed by atoms with van der Waals surface area (Å²) >= 11 is 0. The molecule has 0 bridgehead atoms. The van der Waals surface area contributed by atoms with Gasteiger partial charge in [-0.15, -0.1) is 5.10 Å². The molecule has 1 aliphatic heterocycles. The van der Waals surface area contributed by atoms with Gasteiger partial charge in [0.1, 0.15) is 0 Å². The van der Waals surface area contributed by atoms with Crippen molar-refractivity contribution < 1.29 is 17.6 Å². The van der Waals surface area contributed by atoms with Crippen molar-refractivity contribution in [3.05, 3.63) is 54.4 Å². The maximum Gasteiger partial charge on any atom is 0.322 e. The average molecular weight is 427 g/mol. The summed E-state index contributed by atoms with van der Waals surface area (Å²) in [5.74, 6) is -0.248. The lowest BCUT2D eigenvalue weighted by Crippen LogP contribution is -2.41. The van der Waals surface area contributed by atoms with E-state index in [1.165, 1.54) is 28.6 Å². The van der Waals surface area contributed by atoms with E-state index in [-0.39, 0.29) is 28.4 Å². The Morgan fingerprint density at radius 2 is 1.97 bits per heavy atom.